The van der Waals surface area contributed by atoms with Crippen LogP contribution in [-0.2, 0) is 19.4 Å². The van der Waals surface area contributed by atoms with Crippen molar-refractivity contribution in [2.45, 2.75) is 31.8 Å². The van der Waals surface area contributed by atoms with Gasteiger partial charge in [0.05, 0.1) is 12.8 Å². The van der Waals surface area contributed by atoms with Crippen molar-refractivity contribution in [1.82, 2.24) is 5.32 Å². The van der Waals surface area contributed by atoms with Crippen molar-refractivity contribution < 1.29 is 4.42 Å². The molecule has 2 heteroatoms. The Hall–Kier alpha value is -2.32. The SMILES string of the molecule is c1ccc(CC2CCc3ccccc3C2NCc2ccco2)cc1. The quantitative estimate of drug-likeness (QED) is 0.723. The minimum atomic E-state index is 0.375. The molecule has 1 N–H and O–H groups in total. The molecule has 0 saturated carbocycles. The predicted molar refractivity (Wildman–Crippen MR) is 96.7 cm³/mol. The molecule has 1 aliphatic carbocycles. The maximum atomic E-state index is 5.50. The molecule has 0 radical (unpaired) electrons. The zero-order chi connectivity index (χ0) is 16.2. The highest BCUT2D eigenvalue weighted by Gasteiger charge is 2.29. The van der Waals surface area contributed by atoms with Crippen molar-refractivity contribution in [3.8, 4) is 0 Å². The van der Waals surface area contributed by atoms with Gasteiger partial charge in [-0.1, -0.05) is 54.6 Å². The summed E-state index contributed by atoms with van der Waals surface area (Å²) >= 11 is 0. The molecule has 4 rings (SSSR count). The Bertz CT molecular complexity index is 764. The normalized spacial score (nSPS) is 19.8. The molecule has 1 aromatic heterocycles. The van der Waals surface area contributed by atoms with E-state index in [4.69, 9.17) is 4.42 Å². The Morgan fingerprint density at radius 2 is 1.75 bits per heavy atom. The van der Waals surface area contributed by atoms with Gasteiger partial charge in [0, 0.05) is 6.04 Å². The van der Waals surface area contributed by atoms with E-state index >= 15 is 0 Å². The van der Waals surface area contributed by atoms with Gasteiger partial charge in [0.1, 0.15) is 5.76 Å². The van der Waals surface area contributed by atoms with Crippen molar-refractivity contribution in [2.24, 2.45) is 5.92 Å². The number of benzene rings is 2. The number of fused-ring (bicyclic) bond motifs is 1. The van der Waals surface area contributed by atoms with Crippen LogP contribution in [0.2, 0.25) is 0 Å². The van der Waals surface area contributed by atoms with Gasteiger partial charge in [-0.2, -0.15) is 0 Å². The van der Waals surface area contributed by atoms with Crippen molar-refractivity contribution in [2.75, 3.05) is 0 Å². The third kappa shape index (κ3) is 3.29. The van der Waals surface area contributed by atoms with E-state index < -0.39 is 0 Å². The van der Waals surface area contributed by atoms with Crippen molar-refractivity contribution in [3.05, 3.63) is 95.4 Å². The van der Waals surface area contributed by atoms with E-state index in [1.165, 1.54) is 29.5 Å². The summed E-state index contributed by atoms with van der Waals surface area (Å²) in [5.74, 6) is 1.61. The van der Waals surface area contributed by atoms with Gasteiger partial charge >= 0.3 is 0 Å². The third-order valence-electron chi connectivity index (χ3n) is 5.06. The summed E-state index contributed by atoms with van der Waals surface area (Å²) in [6, 6.07) is 24.1. The zero-order valence-electron chi connectivity index (χ0n) is 13.8. The number of furan rings is 1. The van der Waals surface area contributed by atoms with Crippen molar-refractivity contribution >= 4 is 0 Å². The molecule has 2 atom stereocenters. The van der Waals surface area contributed by atoms with Crippen LogP contribution in [0.15, 0.2) is 77.4 Å². The lowest BCUT2D eigenvalue weighted by atomic mass is 9.77. The number of rotatable bonds is 5. The predicted octanol–water partition coefficient (Wildman–Crippen LogP) is 4.92. The number of nitrogens with one attached hydrogen (secondary N) is 1. The van der Waals surface area contributed by atoms with Crippen LogP contribution in [0.5, 0.6) is 0 Å². The monoisotopic (exact) mass is 317 g/mol. The second-order valence-corrected chi connectivity index (χ2v) is 6.63. The minimum absolute atomic E-state index is 0.375. The molecule has 2 aromatic carbocycles. The molecule has 0 aliphatic heterocycles. The molecular formula is C22H23NO. The molecule has 24 heavy (non-hydrogen) atoms. The third-order valence-corrected chi connectivity index (χ3v) is 5.06. The summed E-state index contributed by atoms with van der Waals surface area (Å²) in [6.45, 7) is 0.775. The van der Waals surface area contributed by atoms with E-state index in [-0.39, 0.29) is 0 Å². The van der Waals surface area contributed by atoms with Crippen molar-refractivity contribution in [3.63, 3.8) is 0 Å². The van der Waals surface area contributed by atoms with E-state index in [0.717, 1.165) is 18.7 Å². The number of hydrogen-bond acceptors (Lipinski definition) is 2. The lowest BCUT2D eigenvalue weighted by molar-refractivity contribution is 0.307. The lowest BCUT2D eigenvalue weighted by Gasteiger charge is -2.34. The fraction of sp³-hybridized carbons (Fsp3) is 0.273. The molecule has 2 nitrogen and oxygen atoms in total. The van der Waals surface area contributed by atoms with Crippen LogP contribution >= 0.6 is 0 Å². The number of hydrogen-bond donors (Lipinski definition) is 1. The molecule has 122 valence electrons. The lowest BCUT2D eigenvalue weighted by Crippen LogP contribution is -2.33. The Morgan fingerprint density at radius 3 is 2.58 bits per heavy atom. The van der Waals surface area contributed by atoms with Gasteiger partial charge in [-0.3, -0.25) is 0 Å². The molecule has 0 saturated heterocycles. The van der Waals surface area contributed by atoms with Crippen LogP contribution in [0.25, 0.3) is 0 Å². The van der Waals surface area contributed by atoms with Gasteiger partial charge in [0.25, 0.3) is 0 Å². The number of aryl methyl sites for hydroxylation is 1. The van der Waals surface area contributed by atoms with Crippen LogP contribution in [0.4, 0.5) is 0 Å². The summed E-state index contributed by atoms with van der Waals surface area (Å²) in [6.07, 6.45) is 5.26. The average molecular weight is 317 g/mol. The highest BCUT2D eigenvalue weighted by molar-refractivity contribution is 5.33. The highest BCUT2D eigenvalue weighted by Crippen LogP contribution is 2.36. The molecule has 1 heterocycles. The summed E-state index contributed by atoms with van der Waals surface area (Å²) in [4.78, 5) is 0. The van der Waals surface area contributed by atoms with E-state index in [1.54, 1.807) is 6.26 Å². The second kappa shape index (κ2) is 7.06. The first-order chi connectivity index (χ1) is 11.9. The van der Waals surface area contributed by atoms with Crippen LogP contribution in [0.1, 0.15) is 34.9 Å². The summed E-state index contributed by atoms with van der Waals surface area (Å²) < 4.78 is 5.50. The smallest absolute Gasteiger partial charge is 0.117 e. The summed E-state index contributed by atoms with van der Waals surface area (Å²) in [5, 5.41) is 3.76. The van der Waals surface area contributed by atoms with Gasteiger partial charge in [0.15, 0.2) is 0 Å². The fourth-order valence-electron chi connectivity index (χ4n) is 3.86. The van der Waals surface area contributed by atoms with E-state index in [0.29, 0.717) is 12.0 Å². The van der Waals surface area contributed by atoms with E-state index in [1.807, 2.05) is 12.1 Å². The summed E-state index contributed by atoms with van der Waals surface area (Å²) in [7, 11) is 0. The average Bonchev–Trinajstić information content (AvgIpc) is 3.15. The zero-order valence-corrected chi connectivity index (χ0v) is 13.8. The fourth-order valence-corrected chi connectivity index (χ4v) is 3.86. The molecule has 0 amide bonds. The standard InChI is InChI=1S/C22H23NO/c1-2-7-17(8-3-1)15-19-13-12-18-9-4-5-11-21(18)22(19)23-16-20-10-6-14-24-20/h1-11,14,19,22-23H,12-13,15-16H2. The molecule has 2 unspecified atom stereocenters. The van der Waals surface area contributed by atoms with Crippen LogP contribution in [-0.4, -0.2) is 0 Å². The maximum absolute atomic E-state index is 5.50. The van der Waals surface area contributed by atoms with Gasteiger partial charge in [0.2, 0.25) is 0 Å². The van der Waals surface area contributed by atoms with Crippen LogP contribution < -0.4 is 5.32 Å². The first kappa shape index (κ1) is 15.2. The largest absolute Gasteiger partial charge is 0.468 e. The molecule has 3 aromatic rings. The van der Waals surface area contributed by atoms with Crippen LogP contribution in [0, 0.1) is 5.92 Å². The molecular weight excluding hydrogens is 294 g/mol. The Kier molecular flexibility index (Phi) is 4.48. The first-order valence-electron chi connectivity index (χ1n) is 8.77. The molecule has 0 spiro atoms. The van der Waals surface area contributed by atoms with Crippen LogP contribution in [0.3, 0.4) is 0 Å². The Morgan fingerprint density at radius 1 is 0.917 bits per heavy atom. The van der Waals surface area contributed by atoms with E-state index in [2.05, 4.69) is 59.9 Å². The second-order valence-electron chi connectivity index (χ2n) is 6.63. The topological polar surface area (TPSA) is 25.2 Å². The Balaban J connectivity index is 1.57. The molecule has 0 fully saturated rings. The van der Waals surface area contributed by atoms with E-state index in [9.17, 15) is 0 Å². The first-order valence-corrected chi connectivity index (χ1v) is 8.77. The van der Waals surface area contributed by atoms with Crippen molar-refractivity contribution in [1.29, 1.82) is 0 Å². The Labute approximate surface area is 143 Å². The van der Waals surface area contributed by atoms with Gasteiger partial charge in [-0.05, 0) is 54.0 Å². The molecule has 1 aliphatic rings. The highest BCUT2D eigenvalue weighted by atomic mass is 16.3. The molecule has 0 bridgehead atoms. The van der Waals surface area contributed by atoms with Gasteiger partial charge in [-0.25, -0.2) is 0 Å². The minimum Gasteiger partial charge on any atom is -0.468 e. The van der Waals surface area contributed by atoms with Gasteiger partial charge in [-0.15, -0.1) is 0 Å². The summed E-state index contributed by atoms with van der Waals surface area (Å²) in [5.41, 5.74) is 4.36. The maximum Gasteiger partial charge on any atom is 0.117 e. The van der Waals surface area contributed by atoms with Gasteiger partial charge < -0.3 is 9.73 Å².